The van der Waals surface area contributed by atoms with Crippen molar-refractivity contribution in [2.24, 2.45) is 0 Å². The molecule has 2 aromatic carbocycles. The summed E-state index contributed by atoms with van der Waals surface area (Å²) in [7, 11) is 3.03. The molecule has 0 bridgehead atoms. The first-order valence-electron chi connectivity index (χ1n) is 10.2. The van der Waals surface area contributed by atoms with E-state index in [4.69, 9.17) is 9.47 Å². The van der Waals surface area contributed by atoms with Crippen LogP contribution in [0.3, 0.4) is 0 Å². The van der Waals surface area contributed by atoms with Crippen LogP contribution >= 0.6 is 0 Å². The first-order valence-corrected chi connectivity index (χ1v) is 10.2. The lowest BCUT2D eigenvalue weighted by Gasteiger charge is -2.21. The Labute approximate surface area is 185 Å². The number of methoxy groups -OCH3 is 2. The van der Waals surface area contributed by atoms with Gasteiger partial charge in [-0.05, 0) is 43.3 Å². The van der Waals surface area contributed by atoms with Gasteiger partial charge in [-0.2, -0.15) is 0 Å². The molecule has 0 atom stereocenters. The Morgan fingerprint density at radius 1 is 1.06 bits per heavy atom. The van der Waals surface area contributed by atoms with Crippen LogP contribution in [-0.2, 0) is 6.54 Å². The smallest absolute Gasteiger partial charge is 0.258 e. The molecule has 0 fully saturated rings. The molecule has 1 amide bonds. The summed E-state index contributed by atoms with van der Waals surface area (Å²) in [6.45, 7) is 2.52. The summed E-state index contributed by atoms with van der Waals surface area (Å²) >= 11 is 0. The maximum absolute atomic E-state index is 13.2. The van der Waals surface area contributed by atoms with Gasteiger partial charge in [-0.15, -0.1) is 0 Å². The van der Waals surface area contributed by atoms with Crippen LogP contribution in [0.15, 0.2) is 65.7 Å². The van der Waals surface area contributed by atoms with E-state index in [0.717, 1.165) is 5.69 Å². The number of aromatic amines is 1. The summed E-state index contributed by atoms with van der Waals surface area (Å²) in [5.74, 6) is 1.19. The van der Waals surface area contributed by atoms with Crippen LogP contribution in [-0.4, -0.2) is 46.1 Å². The molecule has 32 heavy (non-hydrogen) atoms. The van der Waals surface area contributed by atoms with Crippen molar-refractivity contribution >= 4 is 16.8 Å². The maximum Gasteiger partial charge on any atom is 0.258 e. The van der Waals surface area contributed by atoms with E-state index in [1.54, 1.807) is 23.1 Å². The average molecular weight is 432 g/mol. The Balaban J connectivity index is 1.64. The van der Waals surface area contributed by atoms with Crippen molar-refractivity contribution < 1.29 is 14.3 Å². The number of amides is 1. The van der Waals surface area contributed by atoms with E-state index in [0.29, 0.717) is 40.3 Å². The van der Waals surface area contributed by atoms with Gasteiger partial charge in [-0.3, -0.25) is 9.59 Å². The molecule has 1 N–H and O–H groups in total. The quantitative estimate of drug-likeness (QED) is 0.484. The zero-order chi connectivity index (χ0) is 22.7. The molecular weight excluding hydrogens is 408 g/mol. The van der Waals surface area contributed by atoms with E-state index in [1.807, 2.05) is 54.2 Å². The van der Waals surface area contributed by atoms with Crippen LogP contribution in [0.25, 0.3) is 16.6 Å². The summed E-state index contributed by atoms with van der Waals surface area (Å²) in [4.78, 5) is 34.8. The molecule has 0 unspecified atom stereocenters. The largest absolute Gasteiger partial charge is 0.493 e. The molecule has 2 aromatic heterocycles. The lowest BCUT2D eigenvalue weighted by atomic mass is 10.1. The van der Waals surface area contributed by atoms with Crippen LogP contribution in [0.4, 0.5) is 0 Å². The first-order chi connectivity index (χ1) is 15.5. The van der Waals surface area contributed by atoms with Crippen molar-refractivity contribution in [2.75, 3.05) is 20.8 Å². The van der Waals surface area contributed by atoms with Gasteiger partial charge in [0.25, 0.3) is 11.5 Å². The summed E-state index contributed by atoms with van der Waals surface area (Å²) in [6, 6.07) is 14.5. The summed E-state index contributed by atoms with van der Waals surface area (Å²) < 4.78 is 12.5. The van der Waals surface area contributed by atoms with E-state index in [9.17, 15) is 9.59 Å². The Morgan fingerprint density at radius 2 is 1.78 bits per heavy atom. The van der Waals surface area contributed by atoms with Crippen molar-refractivity contribution in [3.63, 3.8) is 0 Å². The lowest BCUT2D eigenvalue weighted by molar-refractivity contribution is 0.0748. The Hall–Kier alpha value is -4.07. The molecule has 0 saturated heterocycles. The monoisotopic (exact) mass is 432 g/mol. The number of rotatable bonds is 7. The fourth-order valence-electron chi connectivity index (χ4n) is 3.59. The molecule has 0 saturated carbocycles. The molecule has 164 valence electrons. The van der Waals surface area contributed by atoms with E-state index in [2.05, 4.69) is 9.97 Å². The van der Waals surface area contributed by atoms with Gasteiger partial charge in [0, 0.05) is 36.3 Å². The summed E-state index contributed by atoms with van der Waals surface area (Å²) in [6.07, 6.45) is 3.85. The van der Waals surface area contributed by atoms with Crippen molar-refractivity contribution in [2.45, 2.75) is 13.5 Å². The van der Waals surface area contributed by atoms with Crippen LogP contribution in [0, 0.1) is 0 Å². The summed E-state index contributed by atoms with van der Waals surface area (Å²) in [5.41, 5.74) is 1.63. The van der Waals surface area contributed by atoms with E-state index < -0.39 is 0 Å². The number of hydrogen-bond donors (Lipinski definition) is 1. The minimum Gasteiger partial charge on any atom is -0.493 e. The van der Waals surface area contributed by atoms with Gasteiger partial charge in [0.05, 0.1) is 31.7 Å². The maximum atomic E-state index is 13.2. The van der Waals surface area contributed by atoms with E-state index in [1.165, 1.54) is 14.2 Å². The molecule has 4 aromatic rings. The minimum absolute atomic E-state index is 0.142. The number of hydrogen-bond acceptors (Lipinski definition) is 5. The highest BCUT2D eigenvalue weighted by molar-refractivity contribution is 5.94. The number of ether oxygens (including phenoxy) is 2. The minimum atomic E-state index is -0.302. The van der Waals surface area contributed by atoms with Crippen LogP contribution < -0.4 is 15.0 Å². The van der Waals surface area contributed by atoms with Crippen molar-refractivity contribution in [3.05, 3.63) is 82.7 Å². The van der Waals surface area contributed by atoms with Crippen LogP contribution in [0.2, 0.25) is 0 Å². The Bertz CT molecular complexity index is 1310. The molecule has 2 heterocycles. The molecule has 8 heteroatoms. The number of fused-ring (bicyclic) bond motifs is 1. The predicted octanol–water partition coefficient (Wildman–Crippen LogP) is 3.39. The highest BCUT2D eigenvalue weighted by atomic mass is 16.5. The van der Waals surface area contributed by atoms with Gasteiger partial charge in [-0.1, -0.05) is 6.07 Å². The molecule has 4 rings (SSSR count). The zero-order valence-corrected chi connectivity index (χ0v) is 18.2. The lowest BCUT2D eigenvalue weighted by Crippen LogP contribution is -2.32. The third kappa shape index (κ3) is 4.07. The van der Waals surface area contributed by atoms with Gasteiger partial charge in [0.2, 0.25) is 0 Å². The number of carbonyl (C=O) groups is 1. The van der Waals surface area contributed by atoms with Gasteiger partial charge in [0.15, 0.2) is 11.5 Å². The van der Waals surface area contributed by atoms with Crippen molar-refractivity contribution in [3.8, 4) is 17.2 Å². The second-order valence-corrected chi connectivity index (χ2v) is 7.20. The number of carbonyl (C=O) groups excluding carboxylic acids is 1. The standard InChI is InChI=1S/C24H24N4O4/c1-4-27(24(30)16-8-7-9-17(12-16)28-10-5-6-11-28)15-22-25-19-14-21(32-3)20(31-2)13-18(19)23(29)26-22/h5-14H,4,15H2,1-3H3,(H,25,26,29). The number of H-pyrrole nitrogens is 1. The SMILES string of the molecule is CCN(Cc1nc2cc(OC)c(OC)cc2c(=O)[nH]1)C(=O)c1cccc(-n2cccc2)c1. The van der Waals surface area contributed by atoms with E-state index >= 15 is 0 Å². The normalized spacial score (nSPS) is 10.8. The van der Waals surface area contributed by atoms with Gasteiger partial charge < -0.3 is 23.9 Å². The third-order valence-electron chi connectivity index (χ3n) is 5.26. The fraction of sp³-hybridized carbons (Fsp3) is 0.208. The molecule has 0 aliphatic heterocycles. The number of aromatic nitrogens is 3. The van der Waals surface area contributed by atoms with Crippen molar-refractivity contribution in [1.82, 2.24) is 19.4 Å². The van der Waals surface area contributed by atoms with Crippen LogP contribution in [0.5, 0.6) is 11.5 Å². The van der Waals surface area contributed by atoms with Crippen molar-refractivity contribution in [1.29, 1.82) is 0 Å². The first kappa shape index (κ1) is 21.2. The molecule has 0 aliphatic rings. The average Bonchev–Trinajstić information content (AvgIpc) is 3.36. The zero-order valence-electron chi connectivity index (χ0n) is 18.2. The highest BCUT2D eigenvalue weighted by Gasteiger charge is 2.18. The molecule has 0 spiro atoms. The Kier molecular flexibility index (Phi) is 5.93. The number of nitrogens with one attached hydrogen (secondary N) is 1. The van der Waals surface area contributed by atoms with Gasteiger partial charge >= 0.3 is 0 Å². The number of nitrogens with zero attached hydrogens (tertiary/aromatic N) is 3. The topological polar surface area (TPSA) is 89.5 Å². The molecular formula is C24H24N4O4. The molecule has 0 radical (unpaired) electrons. The Morgan fingerprint density at radius 3 is 2.47 bits per heavy atom. The van der Waals surface area contributed by atoms with E-state index in [-0.39, 0.29) is 18.0 Å². The summed E-state index contributed by atoms with van der Waals surface area (Å²) in [5, 5.41) is 0.389. The second-order valence-electron chi connectivity index (χ2n) is 7.20. The second kappa shape index (κ2) is 8.97. The predicted molar refractivity (Wildman–Crippen MR) is 122 cm³/mol. The fourth-order valence-corrected chi connectivity index (χ4v) is 3.59. The third-order valence-corrected chi connectivity index (χ3v) is 5.26. The number of benzene rings is 2. The highest BCUT2D eigenvalue weighted by Crippen LogP contribution is 2.30. The molecule has 8 nitrogen and oxygen atoms in total. The molecule has 0 aliphatic carbocycles. The van der Waals surface area contributed by atoms with Gasteiger partial charge in [0.1, 0.15) is 5.82 Å². The van der Waals surface area contributed by atoms with Crippen LogP contribution in [0.1, 0.15) is 23.1 Å². The van der Waals surface area contributed by atoms with Gasteiger partial charge in [-0.25, -0.2) is 4.98 Å².